The molecular weight excluding hydrogens is 308 g/mol. The van der Waals surface area contributed by atoms with Crippen LogP contribution in [0.1, 0.15) is 5.56 Å². The summed E-state index contributed by atoms with van der Waals surface area (Å²) in [6, 6.07) is 14.6. The minimum absolute atomic E-state index is 0.0475. The first-order valence-corrected chi connectivity index (χ1v) is 8.11. The zero-order valence-corrected chi connectivity index (χ0v) is 13.0. The van der Waals surface area contributed by atoms with Crippen molar-refractivity contribution >= 4 is 32.3 Å². The fraction of sp³-hybridized carbons (Fsp3) is 0.0556. The average Bonchev–Trinajstić information content (AvgIpc) is 3.06. The van der Waals surface area contributed by atoms with Crippen molar-refractivity contribution in [2.45, 2.75) is 6.54 Å². The zero-order valence-electron chi connectivity index (χ0n) is 12.2. The molecule has 2 heterocycles. The van der Waals surface area contributed by atoms with Crippen LogP contribution in [-0.4, -0.2) is 9.67 Å². The number of nitrogens with zero attached hydrogens (tertiary/aromatic N) is 1. The number of hydrogen-bond acceptors (Lipinski definition) is 4. The van der Waals surface area contributed by atoms with Crippen LogP contribution in [0.5, 0.6) is 5.75 Å². The number of phenolic OH excluding ortho intramolecular Hbond substituents is 1. The van der Waals surface area contributed by atoms with E-state index in [2.05, 4.69) is 0 Å². The van der Waals surface area contributed by atoms with Gasteiger partial charge in [-0.2, -0.15) is 0 Å². The van der Waals surface area contributed by atoms with Gasteiger partial charge in [-0.05, 0) is 47.3 Å². The highest BCUT2D eigenvalue weighted by Gasteiger charge is 2.13. The maximum absolute atomic E-state index is 12.9. The Morgan fingerprint density at radius 2 is 1.83 bits per heavy atom. The van der Waals surface area contributed by atoms with Gasteiger partial charge in [0.1, 0.15) is 10.4 Å². The molecule has 0 amide bonds. The van der Waals surface area contributed by atoms with E-state index in [0.29, 0.717) is 11.2 Å². The normalized spacial score (nSPS) is 11.3. The van der Waals surface area contributed by atoms with E-state index in [0.717, 1.165) is 27.5 Å². The average molecular weight is 322 g/mol. The largest absolute Gasteiger partial charge is 0.508 e. The minimum atomic E-state index is -0.0475. The van der Waals surface area contributed by atoms with Crippen LogP contribution in [0.3, 0.4) is 0 Å². The summed E-state index contributed by atoms with van der Waals surface area (Å²) >= 11 is 1.42. The van der Waals surface area contributed by atoms with Gasteiger partial charge in [0.15, 0.2) is 0 Å². The summed E-state index contributed by atoms with van der Waals surface area (Å²) < 4.78 is 2.37. The van der Waals surface area contributed by atoms with Gasteiger partial charge < -0.3 is 10.8 Å². The molecular formula is C18H14N2O2S. The van der Waals surface area contributed by atoms with Crippen molar-refractivity contribution in [2.24, 2.45) is 5.73 Å². The van der Waals surface area contributed by atoms with Crippen LogP contribution in [0.4, 0.5) is 0 Å². The van der Waals surface area contributed by atoms with E-state index in [-0.39, 0.29) is 11.3 Å². The molecule has 0 aliphatic rings. The van der Waals surface area contributed by atoms with Crippen molar-refractivity contribution in [2.75, 3.05) is 0 Å². The van der Waals surface area contributed by atoms with Gasteiger partial charge >= 0.3 is 0 Å². The van der Waals surface area contributed by atoms with E-state index in [1.807, 2.05) is 35.7 Å². The molecule has 2 aromatic carbocycles. The molecule has 4 nitrogen and oxygen atoms in total. The Hall–Kier alpha value is -2.63. The van der Waals surface area contributed by atoms with E-state index in [9.17, 15) is 9.90 Å². The number of phenols is 1. The molecule has 0 radical (unpaired) electrons. The molecule has 4 rings (SSSR count). The highest BCUT2D eigenvalue weighted by atomic mass is 32.1. The number of fused-ring (bicyclic) bond motifs is 3. The minimum Gasteiger partial charge on any atom is -0.508 e. The number of pyridine rings is 1. The number of hydrogen-bond donors (Lipinski definition) is 2. The Kier molecular flexibility index (Phi) is 3.18. The van der Waals surface area contributed by atoms with Gasteiger partial charge in [-0.1, -0.05) is 12.1 Å². The summed E-state index contributed by atoms with van der Waals surface area (Å²) in [5.41, 5.74) is 8.18. The number of benzene rings is 2. The fourth-order valence-corrected chi connectivity index (χ4v) is 3.71. The second kappa shape index (κ2) is 5.22. The van der Waals surface area contributed by atoms with Gasteiger partial charge in [-0.15, -0.1) is 11.3 Å². The summed E-state index contributed by atoms with van der Waals surface area (Å²) in [7, 11) is 0. The first-order chi connectivity index (χ1) is 11.2. The third kappa shape index (κ3) is 2.13. The predicted molar refractivity (Wildman–Crippen MR) is 94.5 cm³/mol. The van der Waals surface area contributed by atoms with E-state index < -0.39 is 0 Å². The van der Waals surface area contributed by atoms with Crippen molar-refractivity contribution < 1.29 is 5.11 Å². The maximum atomic E-state index is 12.9. The lowest BCUT2D eigenvalue weighted by Crippen LogP contribution is -2.18. The van der Waals surface area contributed by atoms with Gasteiger partial charge in [-0.3, -0.25) is 9.36 Å². The quantitative estimate of drug-likeness (QED) is 0.594. The number of rotatable bonds is 2. The lowest BCUT2D eigenvalue weighted by molar-refractivity contribution is 0.476. The molecule has 0 saturated carbocycles. The van der Waals surface area contributed by atoms with Crippen molar-refractivity contribution in [1.82, 2.24) is 4.57 Å². The third-order valence-electron chi connectivity index (χ3n) is 4.00. The molecule has 23 heavy (non-hydrogen) atoms. The van der Waals surface area contributed by atoms with Crippen molar-refractivity contribution in [3.63, 3.8) is 0 Å². The molecule has 114 valence electrons. The Morgan fingerprint density at radius 1 is 1.04 bits per heavy atom. The van der Waals surface area contributed by atoms with E-state index in [4.69, 9.17) is 5.73 Å². The first-order valence-electron chi connectivity index (χ1n) is 7.23. The van der Waals surface area contributed by atoms with Crippen molar-refractivity contribution in [3.05, 3.63) is 69.8 Å². The number of nitrogens with two attached hydrogens (primary N) is 1. The van der Waals surface area contributed by atoms with Gasteiger partial charge in [0.2, 0.25) is 0 Å². The van der Waals surface area contributed by atoms with Gasteiger partial charge in [0, 0.05) is 23.0 Å². The van der Waals surface area contributed by atoms with Gasteiger partial charge in [0.05, 0.1) is 5.52 Å². The summed E-state index contributed by atoms with van der Waals surface area (Å²) in [6.45, 7) is 0.466. The summed E-state index contributed by atoms with van der Waals surface area (Å²) in [5, 5.41) is 13.5. The van der Waals surface area contributed by atoms with Crippen LogP contribution < -0.4 is 11.3 Å². The van der Waals surface area contributed by atoms with E-state index in [1.54, 1.807) is 22.8 Å². The highest BCUT2D eigenvalue weighted by molar-refractivity contribution is 7.17. The fourth-order valence-electron chi connectivity index (χ4n) is 2.87. The van der Waals surface area contributed by atoms with E-state index >= 15 is 0 Å². The van der Waals surface area contributed by atoms with Gasteiger partial charge in [0.25, 0.3) is 5.56 Å². The number of aromatic nitrogens is 1. The van der Waals surface area contributed by atoms with Crippen LogP contribution in [-0.2, 0) is 6.54 Å². The number of thiophene rings is 1. The molecule has 4 aromatic rings. The smallest absolute Gasteiger partial charge is 0.273 e. The first kappa shape index (κ1) is 14.0. The Balaban J connectivity index is 2.14. The second-order valence-corrected chi connectivity index (χ2v) is 6.29. The van der Waals surface area contributed by atoms with Crippen LogP contribution in [0.25, 0.3) is 26.7 Å². The molecule has 0 spiro atoms. The molecule has 5 heteroatoms. The van der Waals surface area contributed by atoms with Crippen molar-refractivity contribution in [1.29, 1.82) is 0 Å². The molecule has 0 fully saturated rings. The van der Waals surface area contributed by atoms with Crippen molar-refractivity contribution in [3.8, 4) is 11.4 Å². The third-order valence-corrected chi connectivity index (χ3v) is 4.91. The van der Waals surface area contributed by atoms with Crippen LogP contribution in [0, 0.1) is 0 Å². The molecule has 0 bridgehead atoms. The molecule has 0 unspecified atom stereocenters. The Labute approximate surface area is 136 Å². The molecule has 0 aliphatic heterocycles. The molecule has 3 N–H and O–H groups in total. The summed E-state index contributed by atoms with van der Waals surface area (Å²) in [5.74, 6) is 0.189. The topological polar surface area (TPSA) is 68.2 Å². The van der Waals surface area contributed by atoms with Crippen LogP contribution in [0.2, 0.25) is 0 Å². The molecule has 0 atom stereocenters. The van der Waals surface area contributed by atoms with Crippen LogP contribution >= 0.6 is 11.3 Å². The lowest BCUT2D eigenvalue weighted by atomic mass is 10.1. The molecule has 2 aromatic heterocycles. The Morgan fingerprint density at radius 3 is 2.57 bits per heavy atom. The van der Waals surface area contributed by atoms with E-state index in [1.165, 1.54) is 11.3 Å². The Bertz CT molecular complexity index is 1080. The zero-order chi connectivity index (χ0) is 16.0. The molecule has 0 aliphatic carbocycles. The lowest BCUT2D eigenvalue weighted by Gasteiger charge is -2.12. The number of aromatic hydroxyl groups is 1. The highest BCUT2D eigenvalue weighted by Crippen LogP contribution is 2.30. The molecule has 0 saturated heterocycles. The van der Waals surface area contributed by atoms with Gasteiger partial charge in [-0.25, -0.2) is 0 Å². The summed E-state index contributed by atoms with van der Waals surface area (Å²) in [6.07, 6.45) is 0. The predicted octanol–water partition coefficient (Wildman–Crippen LogP) is 3.37. The summed E-state index contributed by atoms with van der Waals surface area (Å²) in [4.78, 5) is 12.9. The SMILES string of the molecule is NCc1ccc(-n2c(=O)c3sccc3c3cc(O)ccc32)cc1. The standard InChI is InChI=1S/C18H14N2O2S/c19-10-11-1-3-12(4-2-11)20-16-6-5-13(21)9-15(16)14-7-8-23-17(14)18(20)22/h1-9,21H,10,19H2. The maximum Gasteiger partial charge on any atom is 0.273 e. The monoisotopic (exact) mass is 322 g/mol. The van der Waals surface area contributed by atoms with Crippen LogP contribution in [0.15, 0.2) is 58.7 Å². The second-order valence-electron chi connectivity index (χ2n) is 5.38.